The number of nitrogens with zero attached hydrogens (tertiary/aromatic N) is 1. The van der Waals surface area contributed by atoms with E-state index >= 15 is 0 Å². The Labute approximate surface area is 152 Å². The van der Waals surface area contributed by atoms with Crippen molar-refractivity contribution in [2.45, 2.75) is 32.2 Å². The molecule has 0 unspecified atom stereocenters. The third kappa shape index (κ3) is 4.31. The number of anilines is 1. The maximum absolute atomic E-state index is 12.5. The summed E-state index contributed by atoms with van der Waals surface area (Å²) in [6.07, 6.45) is 4.28. The molecule has 26 heavy (non-hydrogen) atoms. The minimum Gasteiger partial charge on any atom is -0.467 e. The molecule has 2 amide bonds. The minimum absolute atomic E-state index is 0.00934. The van der Waals surface area contributed by atoms with Crippen molar-refractivity contribution in [2.75, 3.05) is 5.32 Å². The number of rotatable bonds is 5. The molecule has 2 N–H and O–H groups in total. The molecule has 1 aromatic heterocycles. The molecule has 6 heteroatoms. The van der Waals surface area contributed by atoms with Crippen molar-refractivity contribution in [3.63, 3.8) is 0 Å². The van der Waals surface area contributed by atoms with Crippen molar-refractivity contribution in [3.8, 4) is 6.07 Å². The Morgan fingerprint density at radius 1 is 1.04 bits per heavy atom. The van der Waals surface area contributed by atoms with Gasteiger partial charge in [-0.05, 0) is 49.9 Å². The average Bonchev–Trinajstić information content (AvgIpc) is 3.20. The van der Waals surface area contributed by atoms with Crippen molar-refractivity contribution in [1.82, 2.24) is 5.32 Å². The molecule has 1 aliphatic rings. The van der Waals surface area contributed by atoms with E-state index in [9.17, 15) is 9.59 Å². The number of amides is 2. The topological polar surface area (TPSA) is 95.1 Å². The summed E-state index contributed by atoms with van der Waals surface area (Å²) in [6.45, 7) is 0.386. The summed E-state index contributed by atoms with van der Waals surface area (Å²) in [5.41, 5.74) is 0.991. The monoisotopic (exact) mass is 351 g/mol. The number of nitriles is 1. The first-order valence-electron chi connectivity index (χ1n) is 8.77. The number of hydrogen-bond acceptors (Lipinski definition) is 4. The van der Waals surface area contributed by atoms with Gasteiger partial charge in [-0.2, -0.15) is 5.26 Å². The van der Waals surface area contributed by atoms with Crippen molar-refractivity contribution >= 4 is 17.5 Å². The molecule has 0 atom stereocenters. The van der Waals surface area contributed by atoms with Gasteiger partial charge in [-0.1, -0.05) is 12.1 Å². The largest absolute Gasteiger partial charge is 0.467 e. The Kier molecular flexibility index (Phi) is 5.69. The molecular weight excluding hydrogens is 330 g/mol. The standard InChI is InChI=1S/C20H21N3O3/c21-12-16-4-1-2-6-18(16)23-20(25)15-9-7-14(8-10-15)19(24)22-13-17-5-3-11-26-17/h1-6,11,14-15H,7-10,13H2,(H,22,24)(H,23,25). The molecule has 134 valence electrons. The molecule has 3 rings (SSSR count). The number of carbonyl (C=O) groups excluding carboxylic acids is 2. The van der Waals surface area contributed by atoms with Crippen LogP contribution in [0.15, 0.2) is 47.1 Å². The van der Waals surface area contributed by atoms with Gasteiger partial charge in [0.15, 0.2) is 0 Å². The van der Waals surface area contributed by atoms with E-state index in [1.54, 1.807) is 36.6 Å². The van der Waals surface area contributed by atoms with E-state index < -0.39 is 0 Å². The number of benzene rings is 1. The Hall–Kier alpha value is -3.07. The molecular formula is C20H21N3O3. The predicted molar refractivity (Wildman–Crippen MR) is 95.8 cm³/mol. The Morgan fingerprint density at radius 3 is 2.38 bits per heavy atom. The number of nitrogens with one attached hydrogen (secondary N) is 2. The van der Waals surface area contributed by atoms with Gasteiger partial charge >= 0.3 is 0 Å². The first-order chi connectivity index (χ1) is 12.7. The van der Waals surface area contributed by atoms with E-state index in [1.165, 1.54) is 0 Å². The molecule has 0 bridgehead atoms. The summed E-state index contributed by atoms with van der Waals surface area (Å²) < 4.78 is 5.20. The van der Waals surface area contributed by atoms with Gasteiger partial charge < -0.3 is 15.1 Å². The van der Waals surface area contributed by atoms with Crippen LogP contribution in [0.4, 0.5) is 5.69 Å². The highest BCUT2D eigenvalue weighted by molar-refractivity contribution is 5.94. The van der Waals surface area contributed by atoms with Crippen LogP contribution in [0.25, 0.3) is 0 Å². The molecule has 6 nitrogen and oxygen atoms in total. The summed E-state index contributed by atoms with van der Waals surface area (Å²) in [5, 5.41) is 14.8. The van der Waals surface area contributed by atoms with Gasteiger partial charge in [-0.3, -0.25) is 9.59 Å². The number of carbonyl (C=O) groups is 2. The number of hydrogen-bond donors (Lipinski definition) is 2. The highest BCUT2D eigenvalue weighted by Gasteiger charge is 2.30. The van der Waals surface area contributed by atoms with Crippen LogP contribution in [-0.2, 0) is 16.1 Å². The van der Waals surface area contributed by atoms with E-state index in [0.29, 0.717) is 43.5 Å². The van der Waals surface area contributed by atoms with Gasteiger partial charge in [0.2, 0.25) is 11.8 Å². The van der Waals surface area contributed by atoms with Crippen LogP contribution in [0.3, 0.4) is 0 Å². The lowest BCUT2D eigenvalue weighted by Gasteiger charge is -2.27. The quantitative estimate of drug-likeness (QED) is 0.864. The fraction of sp³-hybridized carbons (Fsp3) is 0.350. The first kappa shape index (κ1) is 17.7. The third-order valence-corrected chi connectivity index (χ3v) is 4.79. The smallest absolute Gasteiger partial charge is 0.227 e. The Bertz CT molecular complexity index is 800. The summed E-state index contributed by atoms with van der Waals surface area (Å²) in [5.74, 6) is 0.455. The van der Waals surface area contributed by atoms with Gasteiger partial charge in [-0.25, -0.2) is 0 Å². The maximum Gasteiger partial charge on any atom is 0.227 e. The van der Waals surface area contributed by atoms with Gasteiger partial charge in [0.05, 0.1) is 24.1 Å². The molecule has 0 saturated heterocycles. The summed E-state index contributed by atoms with van der Waals surface area (Å²) in [4.78, 5) is 24.7. The molecule has 1 heterocycles. The van der Waals surface area contributed by atoms with Gasteiger partial charge in [0.1, 0.15) is 11.8 Å². The van der Waals surface area contributed by atoms with E-state index in [2.05, 4.69) is 16.7 Å². The van der Waals surface area contributed by atoms with E-state index in [4.69, 9.17) is 9.68 Å². The van der Waals surface area contributed by atoms with Crippen LogP contribution in [0, 0.1) is 23.2 Å². The van der Waals surface area contributed by atoms with Crippen LogP contribution >= 0.6 is 0 Å². The van der Waals surface area contributed by atoms with E-state index in [-0.39, 0.29) is 23.7 Å². The zero-order valence-corrected chi connectivity index (χ0v) is 14.4. The average molecular weight is 351 g/mol. The second-order valence-electron chi connectivity index (χ2n) is 6.49. The normalized spacial score (nSPS) is 19.3. The molecule has 1 aliphatic carbocycles. The van der Waals surface area contributed by atoms with Crippen molar-refractivity contribution in [1.29, 1.82) is 5.26 Å². The van der Waals surface area contributed by atoms with Crippen molar-refractivity contribution in [3.05, 3.63) is 54.0 Å². The first-order valence-corrected chi connectivity index (χ1v) is 8.77. The predicted octanol–water partition coefficient (Wildman–Crippen LogP) is 3.21. The van der Waals surface area contributed by atoms with Crippen LogP contribution in [-0.4, -0.2) is 11.8 Å². The second kappa shape index (κ2) is 8.34. The summed E-state index contributed by atoms with van der Waals surface area (Å²) in [7, 11) is 0. The van der Waals surface area contributed by atoms with Crippen LogP contribution < -0.4 is 10.6 Å². The highest BCUT2D eigenvalue weighted by Crippen LogP contribution is 2.30. The highest BCUT2D eigenvalue weighted by atomic mass is 16.3. The fourth-order valence-electron chi connectivity index (χ4n) is 3.27. The molecule has 0 radical (unpaired) electrons. The lowest BCUT2D eigenvalue weighted by Crippen LogP contribution is -2.35. The van der Waals surface area contributed by atoms with Crippen LogP contribution in [0.2, 0.25) is 0 Å². The SMILES string of the molecule is N#Cc1ccccc1NC(=O)C1CCC(C(=O)NCc2ccco2)CC1. The third-order valence-electron chi connectivity index (χ3n) is 4.79. The summed E-state index contributed by atoms with van der Waals surface area (Å²) >= 11 is 0. The lowest BCUT2D eigenvalue weighted by atomic mass is 9.81. The van der Waals surface area contributed by atoms with E-state index in [1.807, 2.05) is 6.07 Å². The molecule has 1 aromatic carbocycles. The molecule has 0 spiro atoms. The van der Waals surface area contributed by atoms with Gasteiger partial charge in [0, 0.05) is 11.8 Å². The Balaban J connectivity index is 1.47. The number of furan rings is 1. The van der Waals surface area contributed by atoms with E-state index in [0.717, 1.165) is 5.76 Å². The zero-order chi connectivity index (χ0) is 18.4. The molecule has 2 aromatic rings. The summed E-state index contributed by atoms with van der Waals surface area (Å²) in [6, 6.07) is 12.6. The lowest BCUT2D eigenvalue weighted by molar-refractivity contribution is -0.128. The van der Waals surface area contributed by atoms with Gasteiger partial charge in [0.25, 0.3) is 0 Å². The maximum atomic E-state index is 12.5. The van der Waals surface area contributed by atoms with Crippen molar-refractivity contribution < 1.29 is 14.0 Å². The van der Waals surface area contributed by atoms with Crippen LogP contribution in [0.5, 0.6) is 0 Å². The number of para-hydroxylation sites is 1. The zero-order valence-electron chi connectivity index (χ0n) is 14.4. The molecule has 0 aliphatic heterocycles. The van der Waals surface area contributed by atoms with Crippen molar-refractivity contribution in [2.24, 2.45) is 11.8 Å². The second-order valence-corrected chi connectivity index (χ2v) is 6.49. The van der Waals surface area contributed by atoms with Crippen LogP contribution in [0.1, 0.15) is 37.0 Å². The molecule has 1 saturated carbocycles. The molecule has 1 fully saturated rings. The fourth-order valence-corrected chi connectivity index (χ4v) is 3.27. The van der Waals surface area contributed by atoms with Gasteiger partial charge in [-0.15, -0.1) is 0 Å². The Morgan fingerprint density at radius 2 is 1.73 bits per heavy atom. The minimum atomic E-state index is -0.129.